The van der Waals surface area contributed by atoms with Crippen molar-refractivity contribution in [2.24, 2.45) is 5.73 Å². The summed E-state index contributed by atoms with van der Waals surface area (Å²) >= 11 is 0. The van der Waals surface area contributed by atoms with Crippen LogP contribution >= 0.6 is 0 Å². The van der Waals surface area contributed by atoms with E-state index in [0.717, 1.165) is 47.7 Å². The largest absolute Gasteiger partial charge is 0.486 e. The third-order valence-corrected chi connectivity index (χ3v) is 4.33. The molecule has 1 aliphatic heterocycles. The van der Waals surface area contributed by atoms with Gasteiger partial charge < -0.3 is 19.8 Å². The molecule has 0 radical (unpaired) electrons. The summed E-state index contributed by atoms with van der Waals surface area (Å²) in [6, 6.07) is 14.5. The fourth-order valence-corrected chi connectivity index (χ4v) is 3.17. The summed E-state index contributed by atoms with van der Waals surface area (Å²) in [5.41, 5.74) is 9.12. The lowest BCUT2D eigenvalue weighted by Gasteiger charge is -2.18. The first-order valence-electron chi connectivity index (χ1n) is 8.38. The van der Waals surface area contributed by atoms with Crippen molar-refractivity contribution in [3.63, 3.8) is 0 Å². The molecule has 0 saturated carbocycles. The maximum atomic E-state index is 5.78. The molecule has 0 fully saturated rings. The number of nitrogens with two attached hydrogens (primary N) is 1. The Morgan fingerprint density at radius 1 is 1.00 bits per heavy atom. The summed E-state index contributed by atoms with van der Waals surface area (Å²) in [6.45, 7) is 2.63. The second kappa shape index (κ2) is 6.53. The summed E-state index contributed by atoms with van der Waals surface area (Å²) < 4.78 is 13.7. The topological polar surface area (TPSA) is 62.3 Å². The summed E-state index contributed by atoms with van der Waals surface area (Å²) in [5, 5.41) is 0. The third-order valence-electron chi connectivity index (χ3n) is 4.33. The average molecular weight is 323 g/mol. The minimum Gasteiger partial charge on any atom is -0.486 e. The van der Waals surface area contributed by atoms with Gasteiger partial charge in [-0.1, -0.05) is 30.3 Å². The van der Waals surface area contributed by atoms with Gasteiger partial charge in [-0.05, 0) is 18.5 Å². The molecule has 2 heterocycles. The number of benzene rings is 2. The lowest BCUT2D eigenvalue weighted by Crippen LogP contribution is -2.15. The third kappa shape index (κ3) is 2.83. The molecule has 0 bridgehead atoms. The van der Waals surface area contributed by atoms with Crippen molar-refractivity contribution < 1.29 is 9.47 Å². The van der Waals surface area contributed by atoms with E-state index in [1.165, 1.54) is 5.56 Å². The normalized spacial score (nSPS) is 13.4. The van der Waals surface area contributed by atoms with Gasteiger partial charge in [0, 0.05) is 25.1 Å². The fraction of sp³-hybridized carbons (Fsp3) is 0.316. The van der Waals surface area contributed by atoms with Crippen molar-refractivity contribution >= 4 is 11.0 Å². The molecule has 0 unspecified atom stereocenters. The highest BCUT2D eigenvalue weighted by molar-refractivity contribution is 5.80. The second-order valence-corrected chi connectivity index (χ2v) is 5.94. The standard InChI is InChI=1S/C19H21N3O2/c20-8-6-19-21-15-12-17-18(24-11-10-23-17)13-16(15)22(19)9-7-14-4-2-1-3-5-14/h1-5,12-13H,6-11,20H2. The Balaban J connectivity index is 1.72. The smallest absolute Gasteiger partial charge is 0.163 e. The number of ether oxygens (including phenoxy) is 2. The van der Waals surface area contributed by atoms with Crippen molar-refractivity contribution in [2.75, 3.05) is 19.8 Å². The molecule has 0 atom stereocenters. The van der Waals surface area contributed by atoms with Gasteiger partial charge in [0.1, 0.15) is 19.0 Å². The number of rotatable bonds is 5. The van der Waals surface area contributed by atoms with E-state index in [9.17, 15) is 0 Å². The predicted molar refractivity (Wildman–Crippen MR) is 93.6 cm³/mol. The van der Waals surface area contributed by atoms with Crippen LogP contribution in [0.25, 0.3) is 11.0 Å². The fourth-order valence-electron chi connectivity index (χ4n) is 3.17. The molecule has 3 aromatic rings. The highest BCUT2D eigenvalue weighted by atomic mass is 16.6. The van der Waals surface area contributed by atoms with Crippen LogP contribution < -0.4 is 15.2 Å². The summed E-state index contributed by atoms with van der Waals surface area (Å²) in [7, 11) is 0. The van der Waals surface area contributed by atoms with Crippen LogP contribution in [0.1, 0.15) is 11.4 Å². The number of aromatic nitrogens is 2. The Morgan fingerprint density at radius 2 is 1.75 bits per heavy atom. The van der Waals surface area contributed by atoms with Crippen LogP contribution in [-0.4, -0.2) is 29.3 Å². The number of nitrogens with zero attached hydrogens (tertiary/aromatic N) is 2. The molecule has 1 aliphatic rings. The van der Waals surface area contributed by atoms with E-state index in [1.807, 2.05) is 18.2 Å². The SMILES string of the molecule is NCCc1nc2cc3c(cc2n1CCc1ccccc1)OCCO3. The van der Waals surface area contributed by atoms with Gasteiger partial charge in [-0.25, -0.2) is 4.98 Å². The van der Waals surface area contributed by atoms with Crippen LogP contribution in [0.5, 0.6) is 11.5 Å². The number of hydrogen-bond donors (Lipinski definition) is 1. The molecule has 2 aromatic carbocycles. The maximum Gasteiger partial charge on any atom is 0.163 e. The zero-order chi connectivity index (χ0) is 16.4. The van der Waals surface area contributed by atoms with E-state index >= 15 is 0 Å². The molecule has 5 nitrogen and oxygen atoms in total. The first-order chi connectivity index (χ1) is 11.8. The van der Waals surface area contributed by atoms with Gasteiger partial charge in [-0.15, -0.1) is 0 Å². The highest BCUT2D eigenvalue weighted by Crippen LogP contribution is 2.34. The second-order valence-electron chi connectivity index (χ2n) is 5.94. The van der Waals surface area contributed by atoms with Crippen molar-refractivity contribution in [3.05, 3.63) is 53.9 Å². The van der Waals surface area contributed by atoms with Crippen molar-refractivity contribution in [1.82, 2.24) is 9.55 Å². The van der Waals surface area contributed by atoms with Crippen molar-refractivity contribution in [1.29, 1.82) is 0 Å². The minimum absolute atomic E-state index is 0.585. The van der Waals surface area contributed by atoms with E-state index in [-0.39, 0.29) is 0 Å². The van der Waals surface area contributed by atoms with E-state index in [2.05, 4.69) is 28.8 Å². The van der Waals surface area contributed by atoms with Gasteiger partial charge in [-0.3, -0.25) is 0 Å². The molecule has 0 saturated heterocycles. The molecule has 0 aliphatic carbocycles. The molecule has 0 spiro atoms. The van der Waals surface area contributed by atoms with E-state index in [0.29, 0.717) is 19.8 Å². The molecule has 1 aromatic heterocycles. The summed E-state index contributed by atoms with van der Waals surface area (Å²) in [6.07, 6.45) is 1.72. The lowest BCUT2D eigenvalue weighted by molar-refractivity contribution is 0.172. The molecule has 24 heavy (non-hydrogen) atoms. The number of fused-ring (bicyclic) bond motifs is 2. The van der Waals surface area contributed by atoms with Crippen molar-refractivity contribution in [3.8, 4) is 11.5 Å². The zero-order valence-corrected chi connectivity index (χ0v) is 13.6. The Morgan fingerprint density at radius 3 is 2.50 bits per heavy atom. The molecule has 2 N–H and O–H groups in total. The zero-order valence-electron chi connectivity index (χ0n) is 13.6. The van der Waals surface area contributed by atoms with E-state index in [4.69, 9.17) is 20.2 Å². The van der Waals surface area contributed by atoms with Crippen LogP contribution in [0.4, 0.5) is 0 Å². The highest BCUT2D eigenvalue weighted by Gasteiger charge is 2.17. The van der Waals surface area contributed by atoms with Gasteiger partial charge in [0.15, 0.2) is 11.5 Å². The molecule has 5 heteroatoms. The van der Waals surface area contributed by atoms with Gasteiger partial charge >= 0.3 is 0 Å². The first-order valence-corrected chi connectivity index (χ1v) is 8.38. The molecule has 0 amide bonds. The molecule has 4 rings (SSSR count). The molecular formula is C19H21N3O2. The summed E-state index contributed by atoms with van der Waals surface area (Å²) in [4.78, 5) is 4.77. The van der Waals surface area contributed by atoms with Gasteiger partial charge in [-0.2, -0.15) is 0 Å². The number of imidazole rings is 1. The predicted octanol–water partition coefficient (Wildman–Crippen LogP) is 2.55. The quantitative estimate of drug-likeness (QED) is 0.784. The monoisotopic (exact) mass is 323 g/mol. The lowest BCUT2D eigenvalue weighted by atomic mass is 10.1. The van der Waals surface area contributed by atoms with Gasteiger partial charge in [0.05, 0.1) is 11.0 Å². The van der Waals surface area contributed by atoms with Crippen molar-refractivity contribution in [2.45, 2.75) is 19.4 Å². The Hall–Kier alpha value is -2.53. The van der Waals surface area contributed by atoms with E-state index < -0.39 is 0 Å². The van der Waals surface area contributed by atoms with Crippen LogP contribution in [0.15, 0.2) is 42.5 Å². The van der Waals surface area contributed by atoms with Crippen LogP contribution in [0.3, 0.4) is 0 Å². The summed E-state index contributed by atoms with van der Waals surface area (Å²) in [5.74, 6) is 2.60. The van der Waals surface area contributed by atoms with Crippen LogP contribution in [0, 0.1) is 0 Å². The van der Waals surface area contributed by atoms with Gasteiger partial charge in [0.2, 0.25) is 0 Å². The number of hydrogen-bond acceptors (Lipinski definition) is 4. The van der Waals surface area contributed by atoms with Gasteiger partial charge in [0.25, 0.3) is 0 Å². The molecular weight excluding hydrogens is 302 g/mol. The Bertz CT molecular complexity index is 843. The number of aryl methyl sites for hydroxylation is 2. The van der Waals surface area contributed by atoms with Crippen LogP contribution in [-0.2, 0) is 19.4 Å². The first kappa shape index (κ1) is 15.0. The Kier molecular flexibility index (Phi) is 4.09. The Labute approximate surface area is 141 Å². The van der Waals surface area contributed by atoms with Crippen LogP contribution in [0.2, 0.25) is 0 Å². The minimum atomic E-state index is 0.585. The van der Waals surface area contributed by atoms with E-state index in [1.54, 1.807) is 0 Å². The maximum absolute atomic E-state index is 5.78. The average Bonchev–Trinajstić information content (AvgIpc) is 2.95. The molecule has 124 valence electrons.